The number of alkyl carbamates (subject to hydrolysis) is 1. The fraction of sp³-hybridized carbons (Fsp3) is 0.571. The molecule has 9 nitrogen and oxygen atoms in total. The molecular weight excluding hydrogens is 390 g/mol. The monoisotopic (exact) mass is 419 g/mol. The molecule has 0 spiro atoms. The largest absolute Gasteiger partial charge is 0.480 e. The van der Waals surface area contributed by atoms with E-state index in [4.69, 9.17) is 14.2 Å². The molecule has 164 valence electrons. The molecule has 0 radical (unpaired) electrons. The highest BCUT2D eigenvalue weighted by Crippen LogP contribution is 2.30. The average Bonchev–Trinajstić information content (AvgIpc) is 2.71. The number of aliphatic hydroxyl groups excluding tert-OH is 2. The van der Waals surface area contributed by atoms with Crippen LogP contribution in [0.15, 0.2) is 24.4 Å². The first kappa shape index (κ1) is 22.2. The molecule has 4 atom stereocenters. The molecule has 2 aromatic rings. The highest BCUT2D eigenvalue weighted by Gasteiger charge is 2.34. The first-order valence-electron chi connectivity index (χ1n) is 9.95. The molecule has 1 aromatic carbocycles. The number of carbonyl (C=O) groups is 1. The molecule has 1 aliphatic rings. The highest BCUT2D eigenvalue weighted by atomic mass is 16.6. The van der Waals surface area contributed by atoms with Crippen LogP contribution in [0.25, 0.3) is 11.0 Å². The SMILES string of the molecule is COc1cnc2cccc([C@H](O)[C@H](O)[C@@H]3CC[C@@H](NC(=O)OC(C)(C)C)CO3)c2n1. The van der Waals surface area contributed by atoms with Crippen LogP contribution in [0.2, 0.25) is 0 Å². The Balaban J connectivity index is 1.63. The summed E-state index contributed by atoms with van der Waals surface area (Å²) in [5.41, 5.74) is 0.922. The van der Waals surface area contributed by atoms with Crippen LogP contribution in [-0.2, 0) is 9.47 Å². The number of methoxy groups -OCH3 is 1. The summed E-state index contributed by atoms with van der Waals surface area (Å²) in [7, 11) is 1.49. The molecule has 3 N–H and O–H groups in total. The number of para-hydroxylation sites is 1. The zero-order chi connectivity index (χ0) is 21.9. The maximum Gasteiger partial charge on any atom is 0.407 e. The van der Waals surface area contributed by atoms with Crippen molar-refractivity contribution in [2.24, 2.45) is 0 Å². The number of rotatable bonds is 5. The lowest BCUT2D eigenvalue weighted by atomic mass is 9.94. The number of nitrogens with zero attached hydrogens (tertiary/aromatic N) is 2. The summed E-state index contributed by atoms with van der Waals surface area (Å²) in [6.45, 7) is 5.61. The third kappa shape index (κ3) is 5.35. The van der Waals surface area contributed by atoms with E-state index in [2.05, 4.69) is 15.3 Å². The van der Waals surface area contributed by atoms with E-state index in [1.807, 2.05) is 0 Å². The van der Waals surface area contributed by atoms with Crippen molar-refractivity contribution in [2.45, 2.75) is 63.6 Å². The van der Waals surface area contributed by atoms with Crippen molar-refractivity contribution in [1.82, 2.24) is 15.3 Å². The van der Waals surface area contributed by atoms with Crippen LogP contribution in [0.5, 0.6) is 5.88 Å². The van der Waals surface area contributed by atoms with Gasteiger partial charge in [0.25, 0.3) is 0 Å². The van der Waals surface area contributed by atoms with E-state index in [9.17, 15) is 15.0 Å². The van der Waals surface area contributed by atoms with Crippen molar-refractivity contribution < 1.29 is 29.2 Å². The second-order valence-electron chi connectivity index (χ2n) is 8.36. The summed E-state index contributed by atoms with van der Waals surface area (Å²) in [4.78, 5) is 20.5. The van der Waals surface area contributed by atoms with E-state index < -0.39 is 30.0 Å². The Morgan fingerprint density at radius 3 is 2.70 bits per heavy atom. The van der Waals surface area contributed by atoms with Gasteiger partial charge < -0.3 is 29.7 Å². The molecule has 2 heterocycles. The molecule has 9 heteroatoms. The minimum atomic E-state index is -1.21. The first-order valence-corrected chi connectivity index (χ1v) is 9.95. The van der Waals surface area contributed by atoms with Crippen molar-refractivity contribution in [3.8, 4) is 5.88 Å². The van der Waals surface area contributed by atoms with Crippen LogP contribution in [-0.4, -0.2) is 63.8 Å². The highest BCUT2D eigenvalue weighted by molar-refractivity contribution is 5.78. The molecule has 1 aromatic heterocycles. The maximum atomic E-state index is 11.9. The van der Waals surface area contributed by atoms with Crippen molar-refractivity contribution >= 4 is 17.1 Å². The standard InChI is InChI=1S/C21H29N3O6/c1-21(2,3)30-20(27)23-12-8-9-15(29-11-12)19(26)18(25)13-6-5-7-14-17(13)24-16(28-4)10-22-14/h5-7,10,12,15,18-19,25-26H,8-9,11H2,1-4H3,(H,23,27)/t12-,15+,18+,19-/m1/s1. The molecule has 0 unspecified atom stereocenters. The Morgan fingerprint density at radius 1 is 1.30 bits per heavy atom. The third-order valence-corrected chi connectivity index (χ3v) is 4.85. The van der Waals surface area contributed by atoms with E-state index in [0.29, 0.717) is 35.3 Å². The Kier molecular flexibility index (Phi) is 6.74. The summed E-state index contributed by atoms with van der Waals surface area (Å²) in [6, 6.07) is 5.00. The number of amides is 1. The quantitative estimate of drug-likeness (QED) is 0.673. The number of ether oxygens (including phenoxy) is 3. The molecule has 1 amide bonds. The van der Waals surface area contributed by atoms with E-state index in [1.165, 1.54) is 13.3 Å². The van der Waals surface area contributed by atoms with Crippen molar-refractivity contribution in [2.75, 3.05) is 13.7 Å². The minimum absolute atomic E-state index is 0.215. The normalized spacial score (nSPS) is 21.7. The number of aromatic nitrogens is 2. The van der Waals surface area contributed by atoms with Gasteiger partial charge in [-0.15, -0.1) is 0 Å². The van der Waals surface area contributed by atoms with Gasteiger partial charge in [-0.25, -0.2) is 14.8 Å². The van der Waals surface area contributed by atoms with E-state index in [1.54, 1.807) is 39.0 Å². The van der Waals surface area contributed by atoms with E-state index in [-0.39, 0.29) is 12.6 Å². The Morgan fingerprint density at radius 2 is 2.07 bits per heavy atom. The molecule has 0 bridgehead atoms. The van der Waals surface area contributed by atoms with Gasteiger partial charge in [-0.05, 0) is 39.7 Å². The molecule has 1 aliphatic heterocycles. The lowest BCUT2D eigenvalue weighted by molar-refractivity contribution is -0.113. The molecular formula is C21H29N3O6. The number of benzene rings is 1. The van der Waals surface area contributed by atoms with Crippen LogP contribution in [0.3, 0.4) is 0 Å². The summed E-state index contributed by atoms with van der Waals surface area (Å²) in [5.74, 6) is 0.321. The molecule has 3 rings (SSSR count). The lowest BCUT2D eigenvalue weighted by Crippen LogP contribution is -2.47. The van der Waals surface area contributed by atoms with Gasteiger partial charge in [-0.2, -0.15) is 0 Å². The Hall–Kier alpha value is -2.49. The van der Waals surface area contributed by atoms with E-state index >= 15 is 0 Å². The summed E-state index contributed by atoms with van der Waals surface area (Å²) in [6.07, 6.45) is -0.891. The van der Waals surface area contributed by atoms with Crippen molar-refractivity contribution in [1.29, 1.82) is 0 Å². The molecule has 1 fully saturated rings. The minimum Gasteiger partial charge on any atom is -0.480 e. The predicted octanol–water partition coefficient (Wildman–Crippen LogP) is 2.10. The van der Waals surface area contributed by atoms with Gasteiger partial charge in [-0.1, -0.05) is 12.1 Å². The fourth-order valence-corrected chi connectivity index (χ4v) is 3.39. The lowest BCUT2D eigenvalue weighted by Gasteiger charge is -2.34. The third-order valence-electron chi connectivity index (χ3n) is 4.85. The summed E-state index contributed by atoms with van der Waals surface area (Å²) >= 11 is 0. The summed E-state index contributed by atoms with van der Waals surface area (Å²) in [5, 5.41) is 24.3. The van der Waals surface area contributed by atoms with Crippen LogP contribution >= 0.6 is 0 Å². The second kappa shape index (κ2) is 9.11. The molecule has 0 aliphatic carbocycles. The van der Waals surface area contributed by atoms with Crippen LogP contribution in [0.4, 0.5) is 4.79 Å². The number of fused-ring (bicyclic) bond motifs is 1. The smallest absolute Gasteiger partial charge is 0.407 e. The number of hydrogen-bond donors (Lipinski definition) is 3. The van der Waals surface area contributed by atoms with Crippen molar-refractivity contribution in [3.63, 3.8) is 0 Å². The first-order chi connectivity index (χ1) is 14.2. The van der Waals surface area contributed by atoms with Gasteiger partial charge in [0.1, 0.15) is 17.8 Å². The topological polar surface area (TPSA) is 123 Å². The Labute approximate surface area is 175 Å². The van der Waals surface area contributed by atoms with Gasteiger partial charge in [0, 0.05) is 5.56 Å². The van der Waals surface area contributed by atoms with E-state index in [0.717, 1.165) is 0 Å². The zero-order valence-electron chi connectivity index (χ0n) is 17.7. The second-order valence-corrected chi connectivity index (χ2v) is 8.36. The summed E-state index contributed by atoms with van der Waals surface area (Å²) < 4.78 is 16.1. The fourth-order valence-electron chi connectivity index (χ4n) is 3.39. The van der Waals surface area contributed by atoms with Gasteiger partial charge in [0.05, 0.1) is 43.1 Å². The number of carbonyl (C=O) groups excluding carboxylic acids is 1. The predicted molar refractivity (Wildman–Crippen MR) is 109 cm³/mol. The maximum absolute atomic E-state index is 11.9. The van der Waals surface area contributed by atoms with Gasteiger partial charge in [-0.3, -0.25) is 0 Å². The Bertz CT molecular complexity index is 877. The zero-order valence-corrected chi connectivity index (χ0v) is 17.7. The number of aliphatic hydroxyl groups is 2. The van der Waals surface area contributed by atoms with Gasteiger partial charge in [0.2, 0.25) is 5.88 Å². The van der Waals surface area contributed by atoms with Gasteiger partial charge >= 0.3 is 6.09 Å². The number of hydrogen-bond acceptors (Lipinski definition) is 8. The average molecular weight is 419 g/mol. The molecule has 0 saturated carbocycles. The van der Waals surface area contributed by atoms with Crippen LogP contribution < -0.4 is 10.1 Å². The van der Waals surface area contributed by atoms with Crippen molar-refractivity contribution in [3.05, 3.63) is 30.0 Å². The number of nitrogens with one attached hydrogen (secondary N) is 1. The van der Waals surface area contributed by atoms with Crippen LogP contribution in [0.1, 0.15) is 45.3 Å². The van der Waals surface area contributed by atoms with Gasteiger partial charge in [0.15, 0.2) is 0 Å². The molecule has 30 heavy (non-hydrogen) atoms. The molecule has 1 saturated heterocycles. The van der Waals surface area contributed by atoms with Crippen LogP contribution in [0, 0.1) is 0 Å².